The van der Waals surface area contributed by atoms with Gasteiger partial charge in [0.25, 0.3) is 0 Å². The Bertz CT molecular complexity index is 78.2. The van der Waals surface area contributed by atoms with E-state index in [1.807, 2.05) is 10.8 Å². The van der Waals surface area contributed by atoms with Gasteiger partial charge >= 0.3 is 0 Å². The Morgan fingerprint density at radius 1 is 1.30 bits per heavy atom. The zero-order chi connectivity index (χ0) is 8.04. The summed E-state index contributed by atoms with van der Waals surface area (Å²) in [6, 6.07) is 0. The average molecular weight is 180 g/mol. The Morgan fingerprint density at radius 3 is 2.30 bits per heavy atom. The lowest BCUT2D eigenvalue weighted by atomic mass is 10.2. The third-order valence-corrected chi connectivity index (χ3v) is 2.60. The highest BCUT2D eigenvalue weighted by Gasteiger charge is 2.08. The first-order valence-corrected chi connectivity index (χ1v) is 6.08. The molecule has 0 aliphatic heterocycles. The molecule has 0 heterocycles. The van der Waals surface area contributed by atoms with Crippen molar-refractivity contribution in [3.8, 4) is 0 Å². The first kappa shape index (κ1) is 10.7. The van der Waals surface area contributed by atoms with Crippen molar-refractivity contribution in [1.29, 1.82) is 0 Å². The van der Waals surface area contributed by atoms with Crippen LogP contribution in [0.15, 0.2) is 0 Å². The lowest BCUT2D eigenvalue weighted by molar-refractivity contribution is 0.00703. The molecule has 0 aliphatic carbocycles. The van der Waals surface area contributed by atoms with E-state index in [1.54, 1.807) is 10.8 Å². The molecule has 0 aromatic carbocycles. The predicted octanol–water partition coefficient (Wildman–Crippen LogP) is 2.81. The number of rotatable bonds is 4. The maximum Gasteiger partial charge on any atom is 0.0598 e. The van der Waals surface area contributed by atoms with Crippen LogP contribution in [0.3, 0.4) is 0 Å². The van der Waals surface area contributed by atoms with Gasteiger partial charge < -0.3 is 4.74 Å². The molecule has 0 aromatic rings. The average Bonchev–Trinajstić information content (AvgIpc) is 1.78. The quantitative estimate of drug-likeness (QED) is 0.486. The van der Waals surface area contributed by atoms with E-state index in [2.05, 4.69) is 27.0 Å². The van der Waals surface area contributed by atoms with Crippen molar-refractivity contribution >= 4 is 21.6 Å². The summed E-state index contributed by atoms with van der Waals surface area (Å²) in [6.45, 7) is 7.10. The minimum absolute atomic E-state index is 0.0268. The van der Waals surface area contributed by atoms with Crippen molar-refractivity contribution in [2.45, 2.75) is 26.4 Å². The monoisotopic (exact) mass is 180 g/mol. The van der Waals surface area contributed by atoms with Crippen LogP contribution in [0.4, 0.5) is 0 Å². The Kier molecular flexibility index (Phi) is 5.68. The molecule has 0 radical (unpaired) electrons. The van der Waals surface area contributed by atoms with E-state index in [0.29, 0.717) is 0 Å². The highest BCUT2D eigenvalue weighted by molar-refractivity contribution is 8.76. The fourth-order valence-electron chi connectivity index (χ4n) is 0.465. The molecule has 10 heavy (non-hydrogen) atoms. The van der Waals surface area contributed by atoms with Gasteiger partial charge in [-0.3, -0.25) is 0 Å². The maximum absolute atomic E-state index is 5.50. The summed E-state index contributed by atoms with van der Waals surface area (Å²) in [5.74, 6) is 1.08. The zero-order valence-corrected chi connectivity index (χ0v) is 8.77. The topological polar surface area (TPSA) is 9.23 Å². The minimum atomic E-state index is 0.0268. The van der Waals surface area contributed by atoms with Crippen molar-refractivity contribution in [1.82, 2.24) is 0 Å². The molecule has 3 heteroatoms. The molecule has 0 N–H and O–H groups in total. The molecule has 0 fully saturated rings. The Hall–Kier alpha value is 0.660. The zero-order valence-electron chi connectivity index (χ0n) is 7.14. The highest BCUT2D eigenvalue weighted by atomic mass is 33.1. The normalized spacial score (nSPS) is 12.0. The van der Waals surface area contributed by atoms with Crippen molar-refractivity contribution in [2.24, 2.45) is 0 Å². The molecular formula is C7H16OS2. The van der Waals surface area contributed by atoms with Crippen LogP contribution in [-0.2, 0) is 4.74 Å². The van der Waals surface area contributed by atoms with Crippen LogP contribution >= 0.6 is 21.6 Å². The summed E-state index contributed by atoms with van der Waals surface area (Å²) in [6.07, 6.45) is 2.09. The van der Waals surface area contributed by atoms with Crippen molar-refractivity contribution in [3.63, 3.8) is 0 Å². The van der Waals surface area contributed by atoms with Gasteiger partial charge in [0.2, 0.25) is 0 Å². The third kappa shape index (κ3) is 8.66. The number of hydrogen-bond donors (Lipinski definition) is 0. The van der Waals surface area contributed by atoms with Gasteiger partial charge in [-0.15, -0.1) is 0 Å². The van der Waals surface area contributed by atoms with Gasteiger partial charge in [-0.05, 0) is 27.0 Å². The van der Waals surface area contributed by atoms with Gasteiger partial charge in [-0.2, -0.15) is 0 Å². The van der Waals surface area contributed by atoms with E-state index in [4.69, 9.17) is 4.74 Å². The second kappa shape index (κ2) is 5.33. The fourth-order valence-corrected chi connectivity index (χ4v) is 1.49. The van der Waals surface area contributed by atoms with Crippen LogP contribution in [-0.4, -0.2) is 24.2 Å². The molecule has 0 saturated carbocycles. The van der Waals surface area contributed by atoms with E-state index < -0.39 is 0 Å². The van der Waals surface area contributed by atoms with E-state index >= 15 is 0 Å². The Morgan fingerprint density at radius 2 is 1.90 bits per heavy atom. The summed E-state index contributed by atoms with van der Waals surface area (Å²) in [7, 11) is 3.63. The Balaban J connectivity index is 3.04. The number of ether oxygens (including phenoxy) is 1. The highest BCUT2D eigenvalue weighted by Crippen LogP contribution is 2.17. The molecule has 0 unspecified atom stereocenters. The van der Waals surface area contributed by atoms with Crippen LogP contribution in [0, 0.1) is 0 Å². The second-order valence-corrected chi connectivity index (χ2v) is 5.63. The molecule has 0 atom stereocenters. The maximum atomic E-state index is 5.50. The summed E-state index contributed by atoms with van der Waals surface area (Å²) < 4.78 is 5.50. The van der Waals surface area contributed by atoms with Crippen LogP contribution in [0.5, 0.6) is 0 Å². The lowest BCUT2D eigenvalue weighted by Gasteiger charge is -2.18. The van der Waals surface area contributed by atoms with E-state index in [0.717, 1.165) is 12.4 Å². The first-order valence-electron chi connectivity index (χ1n) is 3.36. The van der Waals surface area contributed by atoms with Crippen molar-refractivity contribution < 1.29 is 4.74 Å². The molecule has 1 nitrogen and oxygen atoms in total. The third-order valence-electron chi connectivity index (χ3n) is 0.820. The summed E-state index contributed by atoms with van der Waals surface area (Å²) >= 11 is 0. The molecule has 62 valence electrons. The molecule has 0 bridgehead atoms. The van der Waals surface area contributed by atoms with E-state index in [9.17, 15) is 0 Å². The largest absolute Gasteiger partial charge is 0.375 e. The van der Waals surface area contributed by atoms with Crippen molar-refractivity contribution in [2.75, 3.05) is 18.6 Å². The lowest BCUT2D eigenvalue weighted by Crippen LogP contribution is -2.20. The second-order valence-electron chi connectivity index (χ2n) is 2.95. The van der Waals surface area contributed by atoms with Gasteiger partial charge in [0.05, 0.1) is 12.2 Å². The van der Waals surface area contributed by atoms with Gasteiger partial charge in [0.1, 0.15) is 0 Å². The molecule has 0 amide bonds. The molecule has 0 saturated heterocycles. The summed E-state index contributed by atoms with van der Waals surface area (Å²) in [5.41, 5.74) is 0.0268. The SMILES string of the molecule is CSSCCOC(C)(C)C. The van der Waals surface area contributed by atoms with E-state index in [1.165, 1.54) is 0 Å². The van der Waals surface area contributed by atoms with Gasteiger partial charge in [-0.1, -0.05) is 21.6 Å². The van der Waals surface area contributed by atoms with Gasteiger partial charge in [-0.25, -0.2) is 0 Å². The summed E-state index contributed by atoms with van der Waals surface area (Å²) in [5, 5.41) is 0. The van der Waals surface area contributed by atoms with Crippen LogP contribution in [0.2, 0.25) is 0 Å². The fraction of sp³-hybridized carbons (Fsp3) is 1.00. The van der Waals surface area contributed by atoms with Crippen molar-refractivity contribution in [3.05, 3.63) is 0 Å². The predicted molar refractivity (Wildman–Crippen MR) is 51.7 cm³/mol. The number of hydrogen-bond acceptors (Lipinski definition) is 3. The standard InChI is InChI=1S/C7H16OS2/c1-7(2,3)8-5-6-10-9-4/h5-6H2,1-4H3. The van der Waals surface area contributed by atoms with Crippen LogP contribution < -0.4 is 0 Å². The molecular weight excluding hydrogens is 164 g/mol. The summed E-state index contributed by atoms with van der Waals surface area (Å²) in [4.78, 5) is 0. The van der Waals surface area contributed by atoms with Crippen LogP contribution in [0.1, 0.15) is 20.8 Å². The molecule has 0 rings (SSSR count). The molecule has 0 aromatic heterocycles. The molecule has 0 spiro atoms. The van der Waals surface area contributed by atoms with Gasteiger partial charge in [0.15, 0.2) is 0 Å². The molecule has 0 aliphatic rings. The van der Waals surface area contributed by atoms with E-state index in [-0.39, 0.29) is 5.60 Å². The first-order chi connectivity index (χ1) is 4.56. The minimum Gasteiger partial charge on any atom is -0.375 e. The Labute approximate surface area is 71.7 Å². The van der Waals surface area contributed by atoms with Gasteiger partial charge in [0, 0.05) is 5.75 Å². The smallest absolute Gasteiger partial charge is 0.0598 e. The van der Waals surface area contributed by atoms with Crippen LogP contribution in [0.25, 0.3) is 0 Å².